The van der Waals surface area contributed by atoms with Crippen LogP contribution in [0, 0.1) is 0 Å². The Hall–Kier alpha value is -0.530. The van der Waals surface area contributed by atoms with Gasteiger partial charge in [0.15, 0.2) is 0 Å². The van der Waals surface area contributed by atoms with Crippen molar-refractivity contribution < 1.29 is 0 Å². The SMILES string of the molecule is CC(N)=NC1(C)CCCCC1. The molecule has 1 aliphatic carbocycles. The second-order valence-electron chi connectivity index (χ2n) is 3.81. The third-order valence-electron chi connectivity index (χ3n) is 2.38. The summed E-state index contributed by atoms with van der Waals surface area (Å²) in [4.78, 5) is 4.46. The van der Waals surface area contributed by atoms with E-state index >= 15 is 0 Å². The summed E-state index contributed by atoms with van der Waals surface area (Å²) in [6, 6.07) is 0. The molecule has 0 amide bonds. The van der Waals surface area contributed by atoms with E-state index in [-0.39, 0.29) is 5.54 Å². The van der Waals surface area contributed by atoms with Crippen LogP contribution in [0.5, 0.6) is 0 Å². The highest BCUT2D eigenvalue weighted by atomic mass is 14.9. The standard InChI is InChI=1S/C9H18N2/c1-8(10)11-9(2)6-4-3-5-7-9/h3-7H2,1-2H3,(H2,10,11). The van der Waals surface area contributed by atoms with Gasteiger partial charge in [0, 0.05) is 0 Å². The van der Waals surface area contributed by atoms with Crippen LogP contribution >= 0.6 is 0 Å². The van der Waals surface area contributed by atoms with Gasteiger partial charge in [-0.1, -0.05) is 19.3 Å². The van der Waals surface area contributed by atoms with Crippen LogP contribution < -0.4 is 5.73 Å². The Morgan fingerprint density at radius 3 is 2.27 bits per heavy atom. The molecule has 1 rings (SSSR count). The topological polar surface area (TPSA) is 38.4 Å². The van der Waals surface area contributed by atoms with Crippen molar-refractivity contribution in [1.29, 1.82) is 0 Å². The second-order valence-corrected chi connectivity index (χ2v) is 3.81. The highest BCUT2D eigenvalue weighted by Gasteiger charge is 2.25. The van der Waals surface area contributed by atoms with E-state index in [4.69, 9.17) is 5.73 Å². The lowest BCUT2D eigenvalue weighted by molar-refractivity contribution is 0.325. The molecule has 0 bridgehead atoms. The Labute approximate surface area is 68.9 Å². The van der Waals surface area contributed by atoms with Gasteiger partial charge < -0.3 is 5.73 Å². The van der Waals surface area contributed by atoms with E-state index in [1.165, 1.54) is 32.1 Å². The van der Waals surface area contributed by atoms with Crippen LogP contribution in [0.25, 0.3) is 0 Å². The van der Waals surface area contributed by atoms with Crippen molar-refractivity contribution in [3.05, 3.63) is 0 Å². The number of amidine groups is 1. The van der Waals surface area contributed by atoms with Crippen LogP contribution in [-0.4, -0.2) is 11.4 Å². The van der Waals surface area contributed by atoms with Crippen LogP contribution in [0.1, 0.15) is 46.0 Å². The molecule has 0 heterocycles. The van der Waals surface area contributed by atoms with Gasteiger partial charge in [-0.2, -0.15) is 0 Å². The van der Waals surface area contributed by atoms with Gasteiger partial charge in [-0.15, -0.1) is 0 Å². The minimum atomic E-state index is 0.164. The average Bonchev–Trinajstić information content (AvgIpc) is 1.85. The van der Waals surface area contributed by atoms with Gasteiger partial charge in [-0.25, -0.2) is 0 Å². The molecular weight excluding hydrogens is 136 g/mol. The summed E-state index contributed by atoms with van der Waals surface area (Å²) in [6.07, 6.45) is 6.42. The fourth-order valence-corrected chi connectivity index (χ4v) is 1.85. The molecule has 2 N–H and O–H groups in total. The van der Waals surface area contributed by atoms with Gasteiger partial charge >= 0.3 is 0 Å². The summed E-state index contributed by atoms with van der Waals surface area (Å²) in [5.41, 5.74) is 5.72. The maximum absolute atomic E-state index is 5.56. The first-order valence-corrected chi connectivity index (χ1v) is 4.44. The first kappa shape index (κ1) is 8.57. The van der Waals surface area contributed by atoms with Crippen molar-refractivity contribution in [1.82, 2.24) is 0 Å². The van der Waals surface area contributed by atoms with Gasteiger partial charge in [-0.3, -0.25) is 4.99 Å². The molecule has 0 saturated heterocycles. The lowest BCUT2D eigenvalue weighted by Gasteiger charge is -2.29. The van der Waals surface area contributed by atoms with E-state index in [0.717, 1.165) is 5.84 Å². The van der Waals surface area contributed by atoms with Crippen LogP contribution in [0.2, 0.25) is 0 Å². The summed E-state index contributed by atoms with van der Waals surface area (Å²) >= 11 is 0. The molecule has 2 nitrogen and oxygen atoms in total. The number of nitrogens with zero attached hydrogens (tertiary/aromatic N) is 1. The molecule has 0 atom stereocenters. The summed E-state index contributed by atoms with van der Waals surface area (Å²) in [7, 11) is 0. The second kappa shape index (κ2) is 3.24. The van der Waals surface area contributed by atoms with Gasteiger partial charge in [0.25, 0.3) is 0 Å². The third-order valence-corrected chi connectivity index (χ3v) is 2.38. The van der Waals surface area contributed by atoms with Gasteiger partial charge in [0.05, 0.1) is 11.4 Å². The van der Waals surface area contributed by atoms with Gasteiger partial charge in [0.2, 0.25) is 0 Å². The zero-order chi connectivity index (χ0) is 8.32. The molecule has 64 valence electrons. The Balaban J connectivity index is 2.57. The normalized spacial score (nSPS) is 25.1. The predicted octanol–water partition coefficient (Wildman–Crippen LogP) is 2.09. The summed E-state index contributed by atoms with van der Waals surface area (Å²) in [5, 5.41) is 0. The van der Waals surface area contributed by atoms with Crippen molar-refractivity contribution >= 4 is 5.84 Å². The molecule has 0 unspecified atom stereocenters. The van der Waals surface area contributed by atoms with E-state index in [9.17, 15) is 0 Å². The van der Waals surface area contributed by atoms with Gasteiger partial charge in [0.1, 0.15) is 0 Å². The van der Waals surface area contributed by atoms with Crippen molar-refractivity contribution in [3.8, 4) is 0 Å². The molecule has 0 aromatic heterocycles. The maximum atomic E-state index is 5.56. The Morgan fingerprint density at radius 1 is 1.27 bits per heavy atom. The van der Waals surface area contributed by atoms with Crippen molar-refractivity contribution in [2.45, 2.75) is 51.5 Å². The monoisotopic (exact) mass is 154 g/mol. The number of rotatable bonds is 1. The number of hydrogen-bond donors (Lipinski definition) is 1. The van der Waals surface area contributed by atoms with Gasteiger partial charge in [-0.05, 0) is 26.7 Å². The molecule has 2 heteroatoms. The lowest BCUT2D eigenvalue weighted by atomic mass is 9.84. The van der Waals surface area contributed by atoms with Crippen molar-refractivity contribution in [2.75, 3.05) is 0 Å². The number of hydrogen-bond acceptors (Lipinski definition) is 1. The minimum Gasteiger partial charge on any atom is -0.388 e. The maximum Gasteiger partial charge on any atom is 0.0912 e. The van der Waals surface area contributed by atoms with Crippen LogP contribution in [0.3, 0.4) is 0 Å². The first-order chi connectivity index (χ1) is 5.12. The molecule has 1 aliphatic rings. The predicted molar refractivity (Wildman–Crippen MR) is 48.8 cm³/mol. The summed E-state index contributed by atoms with van der Waals surface area (Å²) < 4.78 is 0. The lowest BCUT2D eigenvalue weighted by Crippen LogP contribution is -2.28. The number of nitrogens with two attached hydrogens (primary N) is 1. The Morgan fingerprint density at radius 2 is 1.82 bits per heavy atom. The Kier molecular flexibility index (Phi) is 2.53. The van der Waals surface area contributed by atoms with E-state index in [2.05, 4.69) is 11.9 Å². The summed E-state index contributed by atoms with van der Waals surface area (Å²) in [5.74, 6) is 0.731. The fourth-order valence-electron chi connectivity index (χ4n) is 1.85. The molecule has 0 aromatic rings. The van der Waals surface area contributed by atoms with Crippen LogP contribution in [0.15, 0.2) is 4.99 Å². The number of aliphatic imine (C=N–C) groups is 1. The largest absolute Gasteiger partial charge is 0.388 e. The first-order valence-electron chi connectivity index (χ1n) is 4.44. The van der Waals surface area contributed by atoms with Crippen LogP contribution in [-0.2, 0) is 0 Å². The van der Waals surface area contributed by atoms with E-state index in [0.29, 0.717) is 0 Å². The molecule has 0 aromatic carbocycles. The Bertz CT molecular complexity index is 151. The quantitative estimate of drug-likeness (QED) is 0.456. The van der Waals surface area contributed by atoms with E-state index in [1.807, 2.05) is 6.92 Å². The van der Waals surface area contributed by atoms with Crippen molar-refractivity contribution in [2.24, 2.45) is 10.7 Å². The zero-order valence-corrected chi connectivity index (χ0v) is 7.56. The molecular formula is C9H18N2. The minimum absolute atomic E-state index is 0.164. The van der Waals surface area contributed by atoms with Crippen LogP contribution in [0.4, 0.5) is 0 Å². The molecule has 0 radical (unpaired) electrons. The molecule has 1 fully saturated rings. The highest BCUT2D eigenvalue weighted by Crippen LogP contribution is 2.30. The zero-order valence-electron chi connectivity index (χ0n) is 7.56. The molecule has 0 aliphatic heterocycles. The fraction of sp³-hybridized carbons (Fsp3) is 0.889. The van der Waals surface area contributed by atoms with E-state index < -0.39 is 0 Å². The highest BCUT2D eigenvalue weighted by molar-refractivity contribution is 5.77. The van der Waals surface area contributed by atoms with E-state index in [1.54, 1.807) is 0 Å². The molecule has 1 saturated carbocycles. The molecule has 0 spiro atoms. The third kappa shape index (κ3) is 2.52. The smallest absolute Gasteiger partial charge is 0.0912 e. The van der Waals surface area contributed by atoms with Crippen molar-refractivity contribution in [3.63, 3.8) is 0 Å². The average molecular weight is 154 g/mol. The molecule has 11 heavy (non-hydrogen) atoms. The summed E-state index contributed by atoms with van der Waals surface area (Å²) in [6.45, 7) is 4.09.